The molecule has 0 radical (unpaired) electrons. The fourth-order valence-corrected chi connectivity index (χ4v) is 6.36. The average Bonchev–Trinajstić information content (AvgIpc) is 3.53. The fourth-order valence-electron chi connectivity index (χ4n) is 5.63. The third-order valence-corrected chi connectivity index (χ3v) is 9.06. The van der Waals surface area contributed by atoms with Crippen LogP contribution in [0.3, 0.4) is 0 Å². The number of benzene rings is 2. The van der Waals surface area contributed by atoms with Gasteiger partial charge in [0, 0.05) is 35.5 Å². The zero-order valence-corrected chi connectivity index (χ0v) is 23.9. The van der Waals surface area contributed by atoms with Gasteiger partial charge in [0.1, 0.15) is 11.4 Å². The molecule has 1 amide bonds. The molecule has 9 nitrogen and oxygen atoms in total. The van der Waals surface area contributed by atoms with Crippen molar-refractivity contribution in [1.82, 2.24) is 19.3 Å². The van der Waals surface area contributed by atoms with Gasteiger partial charge in [-0.05, 0) is 75.7 Å². The van der Waals surface area contributed by atoms with Gasteiger partial charge in [0.25, 0.3) is 0 Å². The summed E-state index contributed by atoms with van der Waals surface area (Å²) in [6, 6.07) is 13.0. The maximum absolute atomic E-state index is 14.3. The molecule has 0 aliphatic carbocycles. The Morgan fingerprint density at radius 1 is 1.00 bits per heavy atom. The lowest BCUT2D eigenvalue weighted by molar-refractivity contribution is -0.120. The van der Waals surface area contributed by atoms with Gasteiger partial charge in [-0.25, -0.2) is 26.9 Å². The molecule has 216 valence electrons. The van der Waals surface area contributed by atoms with E-state index in [2.05, 4.69) is 9.88 Å². The third-order valence-electron chi connectivity index (χ3n) is 7.63. The van der Waals surface area contributed by atoms with E-state index < -0.39 is 27.7 Å². The first-order chi connectivity index (χ1) is 20.1. The number of carbonyl (C=O) groups is 1. The number of fused-ring (bicyclic) bond motifs is 1. The van der Waals surface area contributed by atoms with Gasteiger partial charge in [0.2, 0.25) is 15.9 Å². The van der Waals surface area contributed by atoms with E-state index in [1.165, 1.54) is 30.1 Å². The van der Waals surface area contributed by atoms with Gasteiger partial charge in [-0.15, -0.1) is 0 Å². The number of amides is 1. The second kappa shape index (κ2) is 10.4. The molecule has 1 saturated heterocycles. The van der Waals surface area contributed by atoms with E-state index in [1.807, 2.05) is 36.6 Å². The van der Waals surface area contributed by atoms with E-state index in [0.29, 0.717) is 41.2 Å². The molecule has 3 aromatic heterocycles. The van der Waals surface area contributed by atoms with Crippen molar-refractivity contribution in [3.63, 3.8) is 0 Å². The summed E-state index contributed by atoms with van der Waals surface area (Å²) in [4.78, 5) is 19.9. The summed E-state index contributed by atoms with van der Waals surface area (Å²) in [5.74, 6) is -1.62. The van der Waals surface area contributed by atoms with Gasteiger partial charge in [-0.1, -0.05) is 17.3 Å². The Hall–Kier alpha value is -4.42. The minimum atomic E-state index is -3.66. The summed E-state index contributed by atoms with van der Waals surface area (Å²) >= 11 is 0. The highest BCUT2D eigenvalue weighted by Crippen LogP contribution is 2.41. The molecule has 0 spiro atoms. The first kappa shape index (κ1) is 27.7. The predicted octanol–water partition coefficient (Wildman–Crippen LogP) is 5.72. The first-order valence-corrected chi connectivity index (χ1v) is 14.8. The number of halogens is 2. The number of anilines is 1. The molecule has 4 heterocycles. The second-order valence-electron chi connectivity index (χ2n) is 10.2. The zero-order valence-electron chi connectivity index (χ0n) is 23.1. The SMILES string of the molecule is CNS(=O)(=O)c1ccc(-c2c([C@@H]3CCCC(=O)N3c3ccc(F)c(F)c3)nc3cc(-c4c(C)noc4C)ccn23)cc1. The van der Waals surface area contributed by atoms with Gasteiger partial charge in [0.15, 0.2) is 11.6 Å². The molecule has 1 aliphatic rings. The maximum atomic E-state index is 14.3. The summed E-state index contributed by atoms with van der Waals surface area (Å²) < 4.78 is 62.4. The maximum Gasteiger partial charge on any atom is 0.240 e. The van der Waals surface area contributed by atoms with Crippen LogP contribution in [0.1, 0.15) is 42.5 Å². The highest BCUT2D eigenvalue weighted by Gasteiger charge is 2.35. The van der Waals surface area contributed by atoms with Crippen molar-refractivity contribution in [1.29, 1.82) is 0 Å². The minimum absolute atomic E-state index is 0.0982. The lowest BCUT2D eigenvalue weighted by atomic mass is 9.95. The number of imidazole rings is 1. The molecule has 6 rings (SSSR count). The molecule has 0 unspecified atom stereocenters. The molecule has 1 fully saturated rings. The number of nitrogens with zero attached hydrogens (tertiary/aromatic N) is 4. The molecule has 1 N–H and O–H groups in total. The Bertz CT molecular complexity index is 1930. The van der Waals surface area contributed by atoms with Gasteiger partial charge in [-0.2, -0.15) is 0 Å². The fraction of sp³-hybridized carbons (Fsp3) is 0.233. The van der Waals surface area contributed by atoms with Crippen LogP contribution in [0.4, 0.5) is 14.5 Å². The van der Waals surface area contributed by atoms with E-state index in [0.717, 1.165) is 29.0 Å². The first-order valence-electron chi connectivity index (χ1n) is 13.4. The lowest BCUT2D eigenvalue weighted by Crippen LogP contribution is -2.38. The number of pyridine rings is 1. The summed E-state index contributed by atoms with van der Waals surface area (Å²) in [7, 11) is -2.32. The van der Waals surface area contributed by atoms with Gasteiger partial charge in [0.05, 0.1) is 28.0 Å². The van der Waals surface area contributed by atoms with Crippen LogP contribution in [-0.2, 0) is 14.8 Å². The third kappa shape index (κ3) is 4.66. The van der Waals surface area contributed by atoms with Crippen molar-refractivity contribution in [3.05, 3.63) is 89.6 Å². The van der Waals surface area contributed by atoms with Crippen LogP contribution in [0.25, 0.3) is 28.0 Å². The van der Waals surface area contributed by atoms with Crippen LogP contribution in [0.5, 0.6) is 0 Å². The Kier molecular flexibility index (Phi) is 6.90. The Morgan fingerprint density at radius 3 is 2.43 bits per heavy atom. The quantitative estimate of drug-likeness (QED) is 0.271. The molecule has 1 aliphatic heterocycles. The normalized spacial score (nSPS) is 16.0. The highest BCUT2D eigenvalue weighted by atomic mass is 32.2. The molecular formula is C30H27F2N5O4S. The smallest absolute Gasteiger partial charge is 0.240 e. The van der Waals surface area contributed by atoms with E-state index in [1.54, 1.807) is 12.1 Å². The van der Waals surface area contributed by atoms with Crippen LogP contribution >= 0.6 is 0 Å². The highest BCUT2D eigenvalue weighted by molar-refractivity contribution is 7.89. The van der Waals surface area contributed by atoms with Crippen LogP contribution in [0, 0.1) is 25.5 Å². The van der Waals surface area contributed by atoms with Crippen molar-refractivity contribution in [2.45, 2.75) is 44.0 Å². The monoisotopic (exact) mass is 591 g/mol. The van der Waals surface area contributed by atoms with Gasteiger partial charge < -0.3 is 9.42 Å². The standard InChI is InChI=1S/C30H27F2N5O4S/c1-17-28(18(2)41-35-17)20-13-14-36-26(15-20)34-29(30(36)19-7-10-22(11-8-19)42(39,40)33-3)25-5-4-6-27(38)37(25)21-9-12-23(31)24(32)16-21/h7-16,25,33H,4-6H2,1-3H3/t25-/m0/s1. The Balaban J connectivity index is 1.57. The average molecular weight is 592 g/mol. The van der Waals surface area contributed by atoms with Crippen LogP contribution in [-0.4, -0.2) is 35.9 Å². The van der Waals surface area contributed by atoms with Crippen LogP contribution < -0.4 is 9.62 Å². The number of nitrogens with one attached hydrogen (secondary N) is 1. The molecule has 42 heavy (non-hydrogen) atoms. The topological polar surface area (TPSA) is 110 Å². The number of rotatable bonds is 6. The molecule has 1 atom stereocenters. The largest absolute Gasteiger partial charge is 0.361 e. The van der Waals surface area contributed by atoms with Crippen LogP contribution in [0.2, 0.25) is 0 Å². The van der Waals surface area contributed by atoms with E-state index in [4.69, 9.17) is 9.51 Å². The van der Waals surface area contributed by atoms with Crippen molar-refractivity contribution in [3.8, 4) is 22.4 Å². The summed E-state index contributed by atoms with van der Waals surface area (Å²) in [6.45, 7) is 3.68. The predicted molar refractivity (Wildman–Crippen MR) is 152 cm³/mol. The van der Waals surface area contributed by atoms with Crippen LogP contribution in [0.15, 0.2) is 70.2 Å². The van der Waals surface area contributed by atoms with Gasteiger partial charge >= 0.3 is 0 Å². The van der Waals surface area contributed by atoms with E-state index >= 15 is 0 Å². The van der Waals surface area contributed by atoms with Crippen molar-refractivity contribution >= 4 is 27.3 Å². The van der Waals surface area contributed by atoms with Gasteiger partial charge in [-0.3, -0.25) is 9.20 Å². The number of hydrogen-bond acceptors (Lipinski definition) is 6. The number of sulfonamides is 1. The minimum Gasteiger partial charge on any atom is -0.361 e. The van der Waals surface area contributed by atoms with Crippen molar-refractivity contribution in [2.24, 2.45) is 0 Å². The summed E-state index contributed by atoms with van der Waals surface area (Å²) in [5.41, 5.74) is 5.10. The van der Waals surface area contributed by atoms with E-state index in [-0.39, 0.29) is 22.9 Å². The summed E-state index contributed by atoms with van der Waals surface area (Å²) in [5, 5.41) is 4.06. The number of piperidine rings is 1. The zero-order chi connectivity index (χ0) is 29.8. The second-order valence-corrected chi connectivity index (χ2v) is 12.1. The molecule has 0 saturated carbocycles. The van der Waals surface area contributed by atoms with E-state index in [9.17, 15) is 22.0 Å². The molecule has 0 bridgehead atoms. The van der Waals surface area contributed by atoms with Crippen molar-refractivity contribution in [2.75, 3.05) is 11.9 Å². The number of hydrogen-bond donors (Lipinski definition) is 1. The Morgan fingerprint density at radius 2 is 1.76 bits per heavy atom. The number of aryl methyl sites for hydroxylation is 2. The lowest BCUT2D eigenvalue weighted by Gasteiger charge is -2.35. The Labute approximate surface area is 240 Å². The molecule has 12 heteroatoms. The molecule has 2 aromatic carbocycles. The number of carbonyl (C=O) groups excluding carboxylic acids is 1. The molecular weight excluding hydrogens is 564 g/mol. The summed E-state index contributed by atoms with van der Waals surface area (Å²) in [6.07, 6.45) is 3.23. The van der Waals surface area contributed by atoms with Crippen molar-refractivity contribution < 1.29 is 26.5 Å². The molecule has 5 aromatic rings. The number of aromatic nitrogens is 3.